The number of ether oxygens (including phenoxy) is 2. The smallest absolute Gasteiger partial charge is 0.277 e. The molecule has 0 aliphatic heterocycles. The molecular formula is C16H15BrN2O3. The van der Waals surface area contributed by atoms with Gasteiger partial charge in [-0.1, -0.05) is 40.2 Å². The van der Waals surface area contributed by atoms with Crippen LogP contribution in [0.15, 0.2) is 58.1 Å². The van der Waals surface area contributed by atoms with Gasteiger partial charge in [-0.05, 0) is 29.8 Å². The molecule has 0 saturated heterocycles. The van der Waals surface area contributed by atoms with Crippen LogP contribution in [0.4, 0.5) is 0 Å². The minimum atomic E-state index is -0.348. The zero-order valence-electron chi connectivity index (χ0n) is 12.0. The largest absolute Gasteiger partial charge is 0.493 e. The predicted octanol–water partition coefficient (Wildman–Crippen LogP) is 2.99. The highest BCUT2D eigenvalue weighted by atomic mass is 79.9. The average molecular weight is 363 g/mol. The van der Waals surface area contributed by atoms with Crippen LogP contribution in [0.5, 0.6) is 11.5 Å². The molecule has 0 aromatic heterocycles. The van der Waals surface area contributed by atoms with Gasteiger partial charge in [-0.25, -0.2) is 5.43 Å². The molecule has 0 bridgehead atoms. The van der Waals surface area contributed by atoms with Crippen molar-refractivity contribution in [1.29, 1.82) is 0 Å². The van der Waals surface area contributed by atoms with Crippen molar-refractivity contribution in [1.82, 2.24) is 5.43 Å². The van der Waals surface area contributed by atoms with Crippen LogP contribution < -0.4 is 14.9 Å². The molecule has 6 heteroatoms. The highest BCUT2D eigenvalue weighted by Crippen LogP contribution is 2.25. The number of nitrogens with zero attached hydrogens (tertiary/aromatic N) is 1. The SMILES string of the molecule is COc1ccccc1OCC(=O)NN=Cc1ccc(Br)cc1. The number of benzene rings is 2. The maximum Gasteiger partial charge on any atom is 0.277 e. The standard InChI is InChI=1S/C16H15BrN2O3/c1-21-14-4-2-3-5-15(14)22-11-16(20)19-18-10-12-6-8-13(17)9-7-12/h2-10H,11H2,1H3,(H,19,20). The normalized spacial score (nSPS) is 10.5. The number of hydrazone groups is 1. The molecule has 2 aromatic rings. The van der Waals surface area contributed by atoms with Crippen molar-refractivity contribution in [3.05, 3.63) is 58.6 Å². The third-order valence-electron chi connectivity index (χ3n) is 2.70. The quantitative estimate of drug-likeness (QED) is 0.634. The van der Waals surface area contributed by atoms with Crippen LogP contribution in [-0.4, -0.2) is 25.8 Å². The predicted molar refractivity (Wildman–Crippen MR) is 88.4 cm³/mol. The topological polar surface area (TPSA) is 59.9 Å². The van der Waals surface area contributed by atoms with Crippen molar-refractivity contribution in [3.8, 4) is 11.5 Å². The van der Waals surface area contributed by atoms with E-state index in [2.05, 4.69) is 26.5 Å². The van der Waals surface area contributed by atoms with Crippen LogP contribution in [0, 0.1) is 0 Å². The molecule has 0 spiro atoms. The van der Waals surface area contributed by atoms with E-state index in [0.29, 0.717) is 11.5 Å². The summed E-state index contributed by atoms with van der Waals surface area (Å²) in [6.45, 7) is -0.141. The Morgan fingerprint density at radius 3 is 2.55 bits per heavy atom. The first-order valence-electron chi connectivity index (χ1n) is 6.52. The lowest BCUT2D eigenvalue weighted by atomic mass is 10.2. The Labute approximate surface area is 137 Å². The number of rotatable bonds is 6. The first-order valence-corrected chi connectivity index (χ1v) is 7.31. The van der Waals surface area contributed by atoms with E-state index in [1.54, 1.807) is 31.5 Å². The molecule has 0 atom stereocenters. The third kappa shape index (κ3) is 4.89. The number of carbonyl (C=O) groups is 1. The maximum absolute atomic E-state index is 11.7. The van der Waals surface area contributed by atoms with Gasteiger partial charge in [0.05, 0.1) is 13.3 Å². The summed E-state index contributed by atoms with van der Waals surface area (Å²) < 4.78 is 11.5. The van der Waals surface area contributed by atoms with E-state index in [9.17, 15) is 4.79 Å². The van der Waals surface area contributed by atoms with Gasteiger partial charge < -0.3 is 9.47 Å². The molecule has 0 unspecified atom stereocenters. The Bertz CT molecular complexity index is 657. The number of carbonyl (C=O) groups excluding carboxylic acids is 1. The van der Waals surface area contributed by atoms with E-state index in [0.717, 1.165) is 10.0 Å². The van der Waals surface area contributed by atoms with Crippen molar-refractivity contribution in [2.45, 2.75) is 0 Å². The Balaban J connectivity index is 1.82. The Kier molecular flexibility index (Phi) is 5.97. The van der Waals surface area contributed by atoms with Gasteiger partial charge in [0.25, 0.3) is 5.91 Å². The number of nitrogens with one attached hydrogen (secondary N) is 1. The zero-order chi connectivity index (χ0) is 15.8. The molecule has 114 valence electrons. The molecule has 0 aliphatic carbocycles. The summed E-state index contributed by atoms with van der Waals surface area (Å²) in [5.41, 5.74) is 3.29. The molecule has 0 heterocycles. The highest BCUT2D eigenvalue weighted by Gasteiger charge is 2.05. The van der Waals surface area contributed by atoms with Crippen molar-refractivity contribution < 1.29 is 14.3 Å². The van der Waals surface area contributed by atoms with Crippen LogP contribution in [0.1, 0.15) is 5.56 Å². The monoisotopic (exact) mass is 362 g/mol. The fraction of sp³-hybridized carbons (Fsp3) is 0.125. The fourth-order valence-electron chi connectivity index (χ4n) is 1.64. The van der Waals surface area contributed by atoms with E-state index in [1.165, 1.54) is 0 Å². The average Bonchev–Trinajstić information content (AvgIpc) is 2.55. The summed E-state index contributed by atoms with van der Waals surface area (Å²) in [4.78, 5) is 11.7. The summed E-state index contributed by atoms with van der Waals surface area (Å²) in [5, 5.41) is 3.87. The molecule has 5 nitrogen and oxygen atoms in total. The van der Waals surface area contributed by atoms with Crippen LogP contribution in [0.3, 0.4) is 0 Å². The molecule has 0 saturated carbocycles. The number of para-hydroxylation sites is 2. The van der Waals surface area contributed by atoms with E-state index < -0.39 is 0 Å². The Morgan fingerprint density at radius 1 is 1.18 bits per heavy atom. The number of hydrogen-bond donors (Lipinski definition) is 1. The lowest BCUT2D eigenvalue weighted by molar-refractivity contribution is -0.123. The maximum atomic E-state index is 11.7. The van der Waals surface area contributed by atoms with Gasteiger partial charge in [-0.2, -0.15) is 5.10 Å². The zero-order valence-corrected chi connectivity index (χ0v) is 13.5. The molecular weight excluding hydrogens is 348 g/mol. The molecule has 0 fully saturated rings. The molecule has 1 amide bonds. The minimum absolute atomic E-state index is 0.141. The van der Waals surface area contributed by atoms with Crippen molar-refractivity contribution >= 4 is 28.1 Å². The van der Waals surface area contributed by atoms with Crippen molar-refractivity contribution in [2.75, 3.05) is 13.7 Å². The number of halogens is 1. The summed E-state index contributed by atoms with van der Waals surface area (Å²) in [7, 11) is 1.55. The Morgan fingerprint density at radius 2 is 1.86 bits per heavy atom. The summed E-state index contributed by atoms with van der Waals surface area (Å²) in [6.07, 6.45) is 1.56. The van der Waals surface area contributed by atoms with Crippen LogP contribution in [0.25, 0.3) is 0 Å². The summed E-state index contributed by atoms with van der Waals surface area (Å²) in [6, 6.07) is 14.7. The molecule has 0 aliphatic rings. The van der Waals surface area contributed by atoms with E-state index in [-0.39, 0.29) is 12.5 Å². The molecule has 0 radical (unpaired) electrons. The van der Waals surface area contributed by atoms with Crippen LogP contribution in [0.2, 0.25) is 0 Å². The first-order chi connectivity index (χ1) is 10.7. The highest BCUT2D eigenvalue weighted by molar-refractivity contribution is 9.10. The van der Waals surface area contributed by atoms with Crippen LogP contribution >= 0.6 is 15.9 Å². The van der Waals surface area contributed by atoms with Gasteiger partial charge >= 0.3 is 0 Å². The first kappa shape index (κ1) is 16.0. The van der Waals surface area contributed by atoms with Crippen molar-refractivity contribution in [3.63, 3.8) is 0 Å². The van der Waals surface area contributed by atoms with E-state index in [1.807, 2.05) is 30.3 Å². The lowest BCUT2D eigenvalue weighted by Crippen LogP contribution is -2.24. The Hall–Kier alpha value is -2.34. The molecule has 2 aromatic carbocycles. The molecule has 2 rings (SSSR count). The van der Waals surface area contributed by atoms with Gasteiger partial charge in [0.15, 0.2) is 18.1 Å². The van der Waals surface area contributed by atoms with Gasteiger partial charge in [0, 0.05) is 4.47 Å². The molecule has 1 N–H and O–H groups in total. The van der Waals surface area contributed by atoms with Gasteiger partial charge in [0.1, 0.15) is 0 Å². The second-order valence-corrected chi connectivity index (χ2v) is 5.20. The fourth-order valence-corrected chi connectivity index (χ4v) is 1.91. The third-order valence-corrected chi connectivity index (χ3v) is 3.23. The van der Waals surface area contributed by atoms with E-state index >= 15 is 0 Å². The summed E-state index contributed by atoms with van der Waals surface area (Å²) in [5.74, 6) is 0.741. The van der Waals surface area contributed by atoms with Gasteiger partial charge in [-0.3, -0.25) is 4.79 Å². The van der Waals surface area contributed by atoms with Crippen LogP contribution in [-0.2, 0) is 4.79 Å². The summed E-state index contributed by atoms with van der Waals surface area (Å²) >= 11 is 3.35. The second-order valence-electron chi connectivity index (χ2n) is 4.28. The number of hydrogen-bond acceptors (Lipinski definition) is 4. The van der Waals surface area contributed by atoms with E-state index in [4.69, 9.17) is 9.47 Å². The van der Waals surface area contributed by atoms with Gasteiger partial charge in [0.2, 0.25) is 0 Å². The number of methoxy groups -OCH3 is 1. The molecule has 22 heavy (non-hydrogen) atoms. The number of amides is 1. The minimum Gasteiger partial charge on any atom is -0.493 e. The second kappa shape index (κ2) is 8.19. The lowest BCUT2D eigenvalue weighted by Gasteiger charge is -2.09. The van der Waals surface area contributed by atoms with Crippen molar-refractivity contribution in [2.24, 2.45) is 5.10 Å². The van der Waals surface area contributed by atoms with Gasteiger partial charge in [-0.15, -0.1) is 0 Å².